The van der Waals surface area contributed by atoms with Crippen molar-refractivity contribution in [1.82, 2.24) is 8.61 Å². The molecule has 0 aromatic heterocycles. The average Bonchev–Trinajstić information content (AvgIpc) is 3.06. The first-order valence-corrected chi connectivity index (χ1v) is 16.6. The standard InChI is InChI=1S/C27H33BrN2O7S2/c1-5-16-30(17-6-2)39(34,35)24-12-9-21(10-13-24)27(31)36-18-15-20-7-8-22-19-23(28)11-14-25(22)37-26(20)29(3)38(4,32)33/h7-14,19H,5-6,15-18H2,1-4H3. The number of hydrogen-bond donors (Lipinski definition) is 0. The van der Waals surface area contributed by atoms with E-state index >= 15 is 0 Å². The topological polar surface area (TPSA) is 110 Å². The fourth-order valence-corrected chi connectivity index (χ4v) is 6.34. The second-order valence-corrected chi connectivity index (χ2v) is 13.9. The van der Waals surface area contributed by atoms with E-state index in [1.54, 1.807) is 24.3 Å². The molecule has 12 heteroatoms. The molecule has 9 nitrogen and oxygen atoms in total. The van der Waals surface area contributed by atoms with Crippen LogP contribution in [-0.2, 0) is 24.8 Å². The van der Waals surface area contributed by atoms with Gasteiger partial charge in [0.15, 0.2) is 0 Å². The monoisotopic (exact) mass is 640 g/mol. The Balaban J connectivity index is 1.75. The van der Waals surface area contributed by atoms with Crippen LogP contribution >= 0.6 is 15.9 Å². The molecular formula is C27H33BrN2O7S2. The van der Waals surface area contributed by atoms with Crippen molar-refractivity contribution in [3.63, 3.8) is 0 Å². The Bertz CT molecular complexity index is 1460. The molecule has 0 aliphatic carbocycles. The van der Waals surface area contributed by atoms with Crippen molar-refractivity contribution in [2.45, 2.75) is 38.0 Å². The average molecular weight is 642 g/mol. The minimum atomic E-state index is -3.66. The van der Waals surface area contributed by atoms with Gasteiger partial charge in [0.1, 0.15) is 5.75 Å². The van der Waals surface area contributed by atoms with Crippen LogP contribution < -0.4 is 4.74 Å². The van der Waals surface area contributed by atoms with Crippen LogP contribution in [0.5, 0.6) is 5.75 Å². The van der Waals surface area contributed by atoms with Crippen LogP contribution in [0.2, 0.25) is 0 Å². The third-order valence-corrected chi connectivity index (χ3v) is 9.55. The fraction of sp³-hybridized carbons (Fsp3) is 0.370. The maximum atomic E-state index is 13.0. The van der Waals surface area contributed by atoms with Gasteiger partial charge in [0.2, 0.25) is 25.9 Å². The number of allylic oxidation sites excluding steroid dienone is 1. The minimum Gasteiger partial charge on any atom is -0.462 e. The van der Waals surface area contributed by atoms with Gasteiger partial charge in [0.05, 0.1) is 23.3 Å². The van der Waals surface area contributed by atoms with Crippen LogP contribution in [0.1, 0.15) is 49.0 Å². The van der Waals surface area contributed by atoms with Crippen LogP contribution in [0, 0.1) is 0 Å². The van der Waals surface area contributed by atoms with Gasteiger partial charge >= 0.3 is 5.97 Å². The number of halogens is 1. The van der Waals surface area contributed by atoms with Gasteiger partial charge in [-0.2, -0.15) is 4.31 Å². The van der Waals surface area contributed by atoms with Crippen LogP contribution in [0.3, 0.4) is 0 Å². The van der Waals surface area contributed by atoms with Crippen molar-refractivity contribution in [3.05, 3.63) is 75.6 Å². The predicted octanol–water partition coefficient (Wildman–Crippen LogP) is 5.02. The summed E-state index contributed by atoms with van der Waals surface area (Å²) in [5.74, 6) is -0.0233. The normalized spacial score (nSPS) is 13.6. The zero-order chi connectivity index (χ0) is 28.8. The molecule has 212 valence electrons. The molecule has 0 unspecified atom stereocenters. The number of sulfonamides is 2. The molecule has 0 radical (unpaired) electrons. The molecule has 0 amide bonds. The molecule has 0 spiro atoms. The van der Waals surface area contributed by atoms with Gasteiger partial charge in [-0.1, -0.05) is 41.9 Å². The molecule has 0 saturated heterocycles. The second-order valence-electron chi connectivity index (χ2n) is 8.99. The first-order chi connectivity index (χ1) is 18.4. The van der Waals surface area contributed by atoms with Gasteiger partial charge in [-0.25, -0.2) is 25.9 Å². The lowest BCUT2D eigenvalue weighted by atomic mass is 10.1. The fourth-order valence-electron chi connectivity index (χ4n) is 3.88. The quantitative estimate of drug-likeness (QED) is 0.300. The van der Waals surface area contributed by atoms with Crippen LogP contribution in [0.4, 0.5) is 0 Å². The number of benzene rings is 2. The van der Waals surface area contributed by atoms with Gasteiger partial charge in [-0.05, 0) is 55.3 Å². The first kappa shape index (κ1) is 30.9. The number of ether oxygens (including phenoxy) is 2. The molecule has 2 aromatic carbocycles. The van der Waals surface area contributed by atoms with Crippen molar-refractivity contribution >= 4 is 48.0 Å². The van der Waals surface area contributed by atoms with E-state index in [9.17, 15) is 21.6 Å². The third-order valence-electron chi connectivity index (χ3n) is 5.98. The number of carbonyl (C=O) groups is 1. The summed E-state index contributed by atoms with van der Waals surface area (Å²) in [5, 5.41) is 0. The number of rotatable bonds is 12. The molecule has 3 rings (SSSR count). The lowest BCUT2D eigenvalue weighted by molar-refractivity contribution is 0.0508. The molecule has 0 saturated carbocycles. The highest BCUT2D eigenvalue weighted by Crippen LogP contribution is 2.32. The number of esters is 1. The van der Waals surface area contributed by atoms with Gasteiger partial charge in [-0.3, -0.25) is 0 Å². The molecule has 1 aliphatic heterocycles. The Labute approximate surface area is 239 Å². The van der Waals surface area contributed by atoms with E-state index in [1.165, 1.54) is 35.6 Å². The summed E-state index contributed by atoms with van der Waals surface area (Å²) in [6.07, 6.45) is 6.20. The van der Waals surface area contributed by atoms with Crippen molar-refractivity contribution in [2.24, 2.45) is 0 Å². The zero-order valence-electron chi connectivity index (χ0n) is 22.4. The lowest BCUT2D eigenvalue weighted by Gasteiger charge is -2.22. The largest absolute Gasteiger partial charge is 0.462 e. The van der Waals surface area contributed by atoms with E-state index < -0.39 is 26.0 Å². The highest BCUT2D eigenvalue weighted by molar-refractivity contribution is 9.10. The molecule has 0 atom stereocenters. The SMILES string of the molecule is CCCN(CCC)S(=O)(=O)c1ccc(C(=O)OCCC2=C(N(C)S(C)(=O)=O)Oc3ccc(Br)cc3C=C2)cc1. The van der Waals surface area contributed by atoms with Crippen molar-refractivity contribution in [2.75, 3.05) is 33.0 Å². The molecule has 1 heterocycles. The highest BCUT2D eigenvalue weighted by atomic mass is 79.9. The summed E-state index contributed by atoms with van der Waals surface area (Å²) in [6.45, 7) is 4.64. The number of nitrogens with zero attached hydrogens (tertiary/aromatic N) is 2. The smallest absolute Gasteiger partial charge is 0.338 e. The Hall–Kier alpha value is -2.67. The van der Waals surface area contributed by atoms with Crippen LogP contribution in [0.25, 0.3) is 6.08 Å². The third kappa shape index (κ3) is 7.71. The van der Waals surface area contributed by atoms with Gasteiger partial charge in [0, 0.05) is 42.2 Å². The molecule has 0 bridgehead atoms. The van der Waals surface area contributed by atoms with Gasteiger partial charge < -0.3 is 9.47 Å². The molecule has 0 fully saturated rings. The molecular weight excluding hydrogens is 608 g/mol. The maximum absolute atomic E-state index is 13.0. The lowest BCUT2D eigenvalue weighted by Crippen LogP contribution is -2.32. The second kappa shape index (κ2) is 13.1. The van der Waals surface area contributed by atoms with E-state index in [0.29, 0.717) is 37.3 Å². The van der Waals surface area contributed by atoms with E-state index in [0.717, 1.165) is 20.6 Å². The van der Waals surface area contributed by atoms with Crippen molar-refractivity contribution < 1.29 is 31.1 Å². The van der Waals surface area contributed by atoms with E-state index in [-0.39, 0.29) is 29.4 Å². The summed E-state index contributed by atoms with van der Waals surface area (Å²) in [7, 11) is -5.89. The number of hydrogen-bond acceptors (Lipinski definition) is 7. The Kier molecular flexibility index (Phi) is 10.4. The van der Waals surface area contributed by atoms with Gasteiger partial charge in [0.25, 0.3) is 0 Å². The van der Waals surface area contributed by atoms with E-state index in [4.69, 9.17) is 9.47 Å². The van der Waals surface area contributed by atoms with Crippen LogP contribution in [0.15, 0.2) is 69.4 Å². The highest BCUT2D eigenvalue weighted by Gasteiger charge is 2.25. The number of fused-ring (bicyclic) bond motifs is 1. The summed E-state index contributed by atoms with van der Waals surface area (Å²) >= 11 is 3.42. The van der Waals surface area contributed by atoms with E-state index in [1.807, 2.05) is 19.9 Å². The summed E-state index contributed by atoms with van der Waals surface area (Å²) in [5.41, 5.74) is 1.48. The Morgan fingerprint density at radius 2 is 1.62 bits per heavy atom. The Morgan fingerprint density at radius 1 is 0.974 bits per heavy atom. The first-order valence-electron chi connectivity index (χ1n) is 12.5. The van der Waals surface area contributed by atoms with Gasteiger partial charge in [-0.15, -0.1) is 0 Å². The summed E-state index contributed by atoms with van der Waals surface area (Å²) in [4.78, 5) is 12.8. The molecule has 39 heavy (non-hydrogen) atoms. The summed E-state index contributed by atoms with van der Waals surface area (Å²) < 4.78 is 65.3. The van der Waals surface area contributed by atoms with Crippen molar-refractivity contribution in [3.8, 4) is 5.75 Å². The molecule has 2 aromatic rings. The minimum absolute atomic E-state index is 0.0517. The zero-order valence-corrected chi connectivity index (χ0v) is 25.6. The maximum Gasteiger partial charge on any atom is 0.338 e. The molecule has 1 aliphatic rings. The van der Waals surface area contributed by atoms with Crippen LogP contribution in [-0.4, -0.2) is 64.4 Å². The van der Waals surface area contributed by atoms with Crippen molar-refractivity contribution in [1.29, 1.82) is 0 Å². The van der Waals surface area contributed by atoms with E-state index in [2.05, 4.69) is 15.9 Å². The number of carbonyl (C=O) groups excluding carboxylic acids is 1. The Morgan fingerprint density at radius 3 is 2.21 bits per heavy atom. The summed E-state index contributed by atoms with van der Waals surface area (Å²) in [6, 6.07) is 11.0. The predicted molar refractivity (Wildman–Crippen MR) is 154 cm³/mol. The molecule has 0 N–H and O–H groups in total.